The number of rotatable bonds is 18. The van der Waals surface area contributed by atoms with Crippen molar-refractivity contribution < 1.29 is 9.84 Å². The van der Waals surface area contributed by atoms with Gasteiger partial charge in [0.2, 0.25) is 5.90 Å². The Morgan fingerprint density at radius 1 is 0.882 bits per heavy atom. The molecule has 0 spiro atoms. The maximum Gasteiger partial charge on any atom is 0.218 e. The normalized spacial score (nSPS) is 16.8. The lowest BCUT2D eigenvalue weighted by molar-refractivity contribution is 0.0448. The molecular formula is C30H50ClNO2. The number of unbranched alkanes of at least 4 members (excludes halogenated alkanes) is 14. The largest absolute Gasteiger partial charge is 0.475 e. The fourth-order valence-corrected chi connectivity index (χ4v) is 4.93. The molecule has 4 heteroatoms. The van der Waals surface area contributed by atoms with Gasteiger partial charge >= 0.3 is 0 Å². The van der Waals surface area contributed by atoms with E-state index in [-0.39, 0.29) is 5.54 Å². The molecule has 3 nitrogen and oxygen atoms in total. The Bertz CT molecular complexity index is 741. The predicted molar refractivity (Wildman–Crippen MR) is 147 cm³/mol. The standard InChI is InChI=1S/C30H50ClNO2/c1-5-6-7-8-9-10-11-12-13-14-15-16-17-18-19-22-30(4,33)25-20-21-27(31)26(23-25)28-32-29(2,3)24-34-28/h20-21,23,33H,5-19,22,24H2,1-4H3. The highest BCUT2D eigenvalue weighted by Gasteiger charge is 2.30. The zero-order valence-electron chi connectivity index (χ0n) is 22.4. The second-order valence-electron chi connectivity index (χ2n) is 11.2. The Kier molecular flexibility index (Phi) is 13.0. The number of ether oxygens (including phenoxy) is 1. The lowest BCUT2D eigenvalue weighted by Crippen LogP contribution is -2.21. The summed E-state index contributed by atoms with van der Waals surface area (Å²) in [7, 11) is 0. The summed E-state index contributed by atoms with van der Waals surface area (Å²) in [4.78, 5) is 4.65. The second kappa shape index (κ2) is 15.1. The first-order chi connectivity index (χ1) is 16.2. The highest BCUT2D eigenvalue weighted by atomic mass is 35.5. The van der Waals surface area contributed by atoms with Crippen molar-refractivity contribution in [1.29, 1.82) is 0 Å². The SMILES string of the molecule is CCCCCCCCCCCCCCCCCC(C)(O)c1ccc(Cl)c(C2=NC(C)(C)CO2)c1. The molecule has 1 heterocycles. The molecule has 1 aliphatic rings. The Balaban J connectivity index is 1.59. The molecule has 194 valence electrons. The van der Waals surface area contributed by atoms with E-state index in [9.17, 15) is 5.11 Å². The van der Waals surface area contributed by atoms with Crippen molar-refractivity contribution in [3.05, 3.63) is 34.3 Å². The highest BCUT2D eigenvalue weighted by Crippen LogP contribution is 2.32. The van der Waals surface area contributed by atoms with E-state index in [1.165, 1.54) is 89.9 Å². The molecule has 1 aromatic rings. The van der Waals surface area contributed by atoms with Gasteiger partial charge in [0.1, 0.15) is 6.61 Å². The molecule has 0 aromatic heterocycles. The van der Waals surface area contributed by atoms with Crippen LogP contribution in [0.3, 0.4) is 0 Å². The summed E-state index contributed by atoms with van der Waals surface area (Å²) in [5.74, 6) is 0.583. The van der Waals surface area contributed by atoms with Gasteiger partial charge in [0.15, 0.2) is 0 Å². The van der Waals surface area contributed by atoms with Gasteiger partial charge in [-0.2, -0.15) is 0 Å². The Morgan fingerprint density at radius 3 is 1.85 bits per heavy atom. The van der Waals surface area contributed by atoms with Crippen molar-refractivity contribution in [2.24, 2.45) is 4.99 Å². The van der Waals surface area contributed by atoms with E-state index in [0.29, 0.717) is 17.5 Å². The van der Waals surface area contributed by atoms with Crippen LogP contribution >= 0.6 is 11.6 Å². The molecule has 2 rings (SSSR count). The van der Waals surface area contributed by atoms with E-state index in [2.05, 4.69) is 11.9 Å². The van der Waals surface area contributed by atoms with Gasteiger partial charge in [0, 0.05) is 0 Å². The van der Waals surface area contributed by atoms with Crippen LogP contribution in [0, 0.1) is 0 Å². The minimum absolute atomic E-state index is 0.231. The van der Waals surface area contributed by atoms with Gasteiger partial charge in [-0.25, -0.2) is 4.99 Å². The van der Waals surface area contributed by atoms with Crippen molar-refractivity contribution in [3.63, 3.8) is 0 Å². The molecule has 0 aliphatic carbocycles. The third kappa shape index (κ3) is 10.7. The van der Waals surface area contributed by atoms with Gasteiger partial charge in [-0.05, 0) is 44.9 Å². The first kappa shape index (κ1) is 29.2. The monoisotopic (exact) mass is 491 g/mol. The van der Waals surface area contributed by atoms with Gasteiger partial charge in [-0.1, -0.05) is 121 Å². The van der Waals surface area contributed by atoms with Crippen molar-refractivity contribution >= 4 is 17.5 Å². The van der Waals surface area contributed by atoms with Crippen LogP contribution in [0.25, 0.3) is 0 Å². The van der Waals surface area contributed by atoms with Crippen molar-refractivity contribution in [2.75, 3.05) is 6.61 Å². The van der Waals surface area contributed by atoms with Crippen molar-refractivity contribution in [3.8, 4) is 0 Å². The average molecular weight is 492 g/mol. The van der Waals surface area contributed by atoms with Gasteiger partial charge in [-0.3, -0.25) is 0 Å². The van der Waals surface area contributed by atoms with E-state index >= 15 is 0 Å². The van der Waals surface area contributed by atoms with Gasteiger partial charge < -0.3 is 9.84 Å². The third-order valence-electron chi connectivity index (χ3n) is 7.05. The maximum atomic E-state index is 11.1. The zero-order valence-corrected chi connectivity index (χ0v) is 23.2. The topological polar surface area (TPSA) is 41.8 Å². The molecule has 0 radical (unpaired) electrons. The molecule has 1 unspecified atom stereocenters. The van der Waals surface area contributed by atoms with Crippen LogP contribution in [0.1, 0.15) is 142 Å². The fourth-order valence-electron chi connectivity index (χ4n) is 4.73. The Labute approximate surface area is 214 Å². The lowest BCUT2D eigenvalue weighted by Gasteiger charge is -2.25. The summed E-state index contributed by atoms with van der Waals surface area (Å²) in [6.45, 7) is 8.84. The van der Waals surface area contributed by atoms with Crippen LogP contribution in [-0.4, -0.2) is 23.2 Å². The molecular weight excluding hydrogens is 442 g/mol. The molecule has 0 amide bonds. The average Bonchev–Trinajstić information content (AvgIpc) is 3.16. The van der Waals surface area contributed by atoms with Gasteiger partial charge in [0.25, 0.3) is 0 Å². The zero-order chi connectivity index (χ0) is 24.9. The molecule has 1 aliphatic heterocycles. The minimum Gasteiger partial charge on any atom is -0.475 e. The van der Waals surface area contributed by atoms with E-state index in [1.54, 1.807) is 0 Å². The van der Waals surface area contributed by atoms with Gasteiger partial charge in [-0.15, -0.1) is 0 Å². The number of halogens is 1. The van der Waals surface area contributed by atoms with E-state index < -0.39 is 5.60 Å². The summed E-state index contributed by atoms with van der Waals surface area (Å²) >= 11 is 6.42. The summed E-state index contributed by atoms with van der Waals surface area (Å²) < 4.78 is 5.78. The van der Waals surface area contributed by atoms with Crippen LogP contribution < -0.4 is 0 Å². The highest BCUT2D eigenvalue weighted by molar-refractivity contribution is 6.33. The molecule has 1 atom stereocenters. The lowest BCUT2D eigenvalue weighted by atomic mass is 9.89. The number of nitrogens with zero attached hydrogens (tertiary/aromatic N) is 1. The summed E-state index contributed by atoms with van der Waals surface area (Å²) in [5, 5.41) is 11.7. The molecule has 0 saturated heterocycles. The summed E-state index contributed by atoms with van der Waals surface area (Å²) in [6, 6.07) is 5.73. The van der Waals surface area contributed by atoms with Crippen LogP contribution in [0.2, 0.25) is 5.02 Å². The predicted octanol–water partition coefficient (Wildman–Crippen LogP) is 9.36. The first-order valence-corrected chi connectivity index (χ1v) is 14.4. The minimum atomic E-state index is -0.870. The Morgan fingerprint density at radius 2 is 1.38 bits per heavy atom. The molecule has 1 N–H and O–H groups in total. The van der Waals surface area contributed by atoms with Crippen molar-refractivity contribution in [2.45, 2.75) is 142 Å². The molecule has 0 bridgehead atoms. The van der Waals surface area contributed by atoms with Crippen LogP contribution in [0.5, 0.6) is 0 Å². The summed E-state index contributed by atoms with van der Waals surface area (Å²) in [6.07, 6.45) is 21.0. The van der Waals surface area contributed by atoms with Crippen LogP contribution in [0.4, 0.5) is 0 Å². The number of hydrogen-bond acceptors (Lipinski definition) is 3. The molecule has 34 heavy (non-hydrogen) atoms. The van der Waals surface area contributed by atoms with Crippen LogP contribution in [0.15, 0.2) is 23.2 Å². The van der Waals surface area contributed by atoms with Crippen molar-refractivity contribution in [1.82, 2.24) is 0 Å². The molecule has 1 aromatic carbocycles. The number of aliphatic imine (C=N–C) groups is 1. The Hall–Kier alpha value is -1.06. The van der Waals surface area contributed by atoms with E-state index in [4.69, 9.17) is 16.3 Å². The van der Waals surface area contributed by atoms with E-state index in [1.807, 2.05) is 39.0 Å². The number of benzene rings is 1. The third-order valence-corrected chi connectivity index (χ3v) is 7.38. The van der Waals surface area contributed by atoms with E-state index in [0.717, 1.165) is 24.0 Å². The first-order valence-electron chi connectivity index (χ1n) is 14.0. The fraction of sp³-hybridized carbons (Fsp3) is 0.767. The quantitative estimate of drug-likeness (QED) is 0.208. The van der Waals surface area contributed by atoms with Gasteiger partial charge in [0.05, 0.1) is 21.7 Å². The number of hydrogen-bond donors (Lipinski definition) is 1. The van der Waals surface area contributed by atoms with Crippen LogP contribution in [-0.2, 0) is 10.3 Å². The summed E-state index contributed by atoms with van der Waals surface area (Å²) in [5.41, 5.74) is 0.560. The molecule has 0 saturated carbocycles. The second-order valence-corrected chi connectivity index (χ2v) is 11.6. The smallest absolute Gasteiger partial charge is 0.218 e. The maximum absolute atomic E-state index is 11.1. The molecule has 0 fully saturated rings. The number of aliphatic hydroxyl groups is 1.